The zero-order chi connectivity index (χ0) is 21.8. The first-order valence-electron chi connectivity index (χ1n) is 9.52. The number of imide groups is 1. The molecule has 1 heterocycles. The minimum absolute atomic E-state index is 0.200. The smallest absolute Gasteiger partial charge is 0.283 e. The highest BCUT2D eigenvalue weighted by Gasteiger charge is 2.40. The standard InChI is InChI=1S/C24H20N2O4S/c1-29-17-13-14-19(20(15-17)30-2)25-21-22(31-18-11-7-4-8-12-18)24(28)26(23(21)27)16-9-5-3-6-10-16/h3-15,25H,1-2H3. The van der Waals surface area contributed by atoms with E-state index in [1.807, 2.05) is 36.4 Å². The number of carbonyl (C=O) groups excluding carboxylic acids is 2. The molecule has 31 heavy (non-hydrogen) atoms. The average Bonchev–Trinajstić information content (AvgIpc) is 3.04. The largest absolute Gasteiger partial charge is 0.497 e. The molecule has 6 nitrogen and oxygen atoms in total. The van der Waals surface area contributed by atoms with Crippen LogP contribution in [-0.2, 0) is 9.59 Å². The van der Waals surface area contributed by atoms with Crippen molar-refractivity contribution < 1.29 is 19.1 Å². The summed E-state index contributed by atoms with van der Waals surface area (Å²) in [6, 6.07) is 23.6. The van der Waals surface area contributed by atoms with Crippen molar-refractivity contribution in [1.82, 2.24) is 0 Å². The second-order valence-electron chi connectivity index (χ2n) is 6.59. The fourth-order valence-electron chi connectivity index (χ4n) is 3.17. The van der Waals surface area contributed by atoms with Crippen molar-refractivity contribution in [2.45, 2.75) is 4.90 Å². The molecule has 0 fully saturated rings. The predicted octanol–water partition coefficient (Wildman–Crippen LogP) is 4.69. The minimum Gasteiger partial charge on any atom is -0.497 e. The predicted molar refractivity (Wildman–Crippen MR) is 121 cm³/mol. The number of carbonyl (C=O) groups is 2. The van der Waals surface area contributed by atoms with E-state index in [-0.39, 0.29) is 11.6 Å². The molecule has 0 aromatic heterocycles. The van der Waals surface area contributed by atoms with Gasteiger partial charge in [0.1, 0.15) is 22.1 Å². The summed E-state index contributed by atoms with van der Waals surface area (Å²) in [4.78, 5) is 29.0. The van der Waals surface area contributed by atoms with E-state index in [0.29, 0.717) is 27.8 Å². The van der Waals surface area contributed by atoms with Gasteiger partial charge in [0.2, 0.25) is 0 Å². The van der Waals surface area contributed by atoms with Gasteiger partial charge < -0.3 is 14.8 Å². The summed E-state index contributed by atoms with van der Waals surface area (Å²) in [5.41, 5.74) is 1.27. The third kappa shape index (κ3) is 4.13. The van der Waals surface area contributed by atoms with E-state index in [2.05, 4.69) is 5.32 Å². The van der Waals surface area contributed by atoms with Crippen molar-refractivity contribution in [3.8, 4) is 11.5 Å². The molecule has 2 amide bonds. The zero-order valence-electron chi connectivity index (χ0n) is 17.0. The average molecular weight is 433 g/mol. The van der Waals surface area contributed by atoms with Crippen LogP contribution in [0.3, 0.4) is 0 Å². The molecule has 156 valence electrons. The summed E-state index contributed by atoms with van der Waals surface area (Å²) in [7, 11) is 3.10. The summed E-state index contributed by atoms with van der Waals surface area (Å²) in [5.74, 6) is 0.317. The number of hydrogen-bond acceptors (Lipinski definition) is 6. The summed E-state index contributed by atoms with van der Waals surface area (Å²) >= 11 is 1.25. The molecule has 1 N–H and O–H groups in total. The van der Waals surface area contributed by atoms with Gasteiger partial charge in [0, 0.05) is 11.0 Å². The van der Waals surface area contributed by atoms with Crippen molar-refractivity contribution in [2.24, 2.45) is 0 Å². The van der Waals surface area contributed by atoms with Gasteiger partial charge in [0.05, 0.1) is 25.6 Å². The third-order valence-corrected chi connectivity index (χ3v) is 5.78. The van der Waals surface area contributed by atoms with E-state index >= 15 is 0 Å². The van der Waals surface area contributed by atoms with Gasteiger partial charge in [0.15, 0.2) is 0 Å². The molecule has 0 spiro atoms. The van der Waals surface area contributed by atoms with Gasteiger partial charge in [-0.1, -0.05) is 48.2 Å². The molecule has 0 bridgehead atoms. The fourth-order valence-corrected chi connectivity index (χ4v) is 4.12. The lowest BCUT2D eigenvalue weighted by atomic mass is 10.2. The molecule has 0 radical (unpaired) electrons. The van der Waals surface area contributed by atoms with Gasteiger partial charge >= 0.3 is 0 Å². The van der Waals surface area contributed by atoms with E-state index in [1.54, 1.807) is 49.6 Å². The van der Waals surface area contributed by atoms with Gasteiger partial charge in [0.25, 0.3) is 11.8 Å². The van der Waals surface area contributed by atoms with E-state index in [9.17, 15) is 9.59 Å². The second kappa shape index (κ2) is 8.97. The first kappa shape index (κ1) is 20.6. The maximum absolute atomic E-state index is 13.3. The number of rotatable bonds is 7. The zero-order valence-corrected chi connectivity index (χ0v) is 17.8. The minimum atomic E-state index is -0.424. The molecule has 0 aliphatic carbocycles. The van der Waals surface area contributed by atoms with Crippen LogP contribution in [0.15, 0.2) is 94.4 Å². The van der Waals surface area contributed by atoms with Gasteiger partial charge in [-0.2, -0.15) is 0 Å². The third-order valence-electron chi connectivity index (χ3n) is 4.69. The van der Waals surface area contributed by atoms with Crippen LogP contribution in [0.5, 0.6) is 11.5 Å². The molecule has 0 saturated carbocycles. The lowest BCUT2D eigenvalue weighted by Crippen LogP contribution is -2.32. The van der Waals surface area contributed by atoms with Crippen molar-refractivity contribution in [1.29, 1.82) is 0 Å². The lowest BCUT2D eigenvalue weighted by molar-refractivity contribution is -0.120. The Morgan fingerprint density at radius 2 is 1.48 bits per heavy atom. The van der Waals surface area contributed by atoms with Gasteiger partial charge in [-0.3, -0.25) is 9.59 Å². The Bertz CT molecular complexity index is 1150. The van der Waals surface area contributed by atoms with Crippen molar-refractivity contribution in [2.75, 3.05) is 24.4 Å². The Kier molecular flexibility index (Phi) is 5.95. The highest BCUT2D eigenvalue weighted by molar-refractivity contribution is 8.04. The number of nitrogens with zero attached hydrogens (tertiary/aromatic N) is 1. The molecule has 0 saturated heterocycles. The van der Waals surface area contributed by atoms with E-state index < -0.39 is 5.91 Å². The van der Waals surface area contributed by atoms with Crippen molar-refractivity contribution in [3.05, 3.63) is 89.5 Å². The number of hydrogen-bond donors (Lipinski definition) is 1. The number of para-hydroxylation sites is 1. The molecule has 3 aromatic carbocycles. The SMILES string of the molecule is COc1ccc(NC2=C(Sc3ccccc3)C(=O)N(c3ccccc3)C2=O)c(OC)c1. The monoisotopic (exact) mass is 432 g/mol. The molecule has 0 atom stereocenters. The summed E-state index contributed by atoms with van der Waals surface area (Å²) in [6.07, 6.45) is 0. The lowest BCUT2D eigenvalue weighted by Gasteiger charge is -2.16. The first-order valence-corrected chi connectivity index (χ1v) is 10.3. The topological polar surface area (TPSA) is 67.9 Å². The highest BCUT2D eigenvalue weighted by atomic mass is 32.2. The van der Waals surface area contributed by atoms with Crippen molar-refractivity contribution >= 4 is 35.0 Å². The molecule has 0 unspecified atom stereocenters. The number of nitrogens with one attached hydrogen (secondary N) is 1. The normalized spacial score (nSPS) is 13.5. The van der Waals surface area contributed by atoms with E-state index in [4.69, 9.17) is 9.47 Å². The van der Waals surface area contributed by atoms with Gasteiger partial charge in [-0.15, -0.1) is 0 Å². The summed E-state index contributed by atoms with van der Waals surface area (Å²) < 4.78 is 10.7. The molecular weight excluding hydrogens is 412 g/mol. The van der Waals surface area contributed by atoms with Crippen LogP contribution in [0.4, 0.5) is 11.4 Å². The number of anilines is 2. The molecule has 1 aliphatic rings. The van der Waals surface area contributed by atoms with Crippen LogP contribution in [0, 0.1) is 0 Å². The number of benzene rings is 3. The Labute approximate surface area is 184 Å². The Morgan fingerprint density at radius 1 is 0.806 bits per heavy atom. The number of methoxy groups -OCH3 is 2. The van der Waals surface area contributed by atoms with Crippen LogP contribution in [0.1, 0.15) is 0 Å². The van der Waals surface area contributed by atoms with Gasteiger partial charge in [-0.05, 0) is 36.4 Å². The number of ether oxygens (including phenoxy) is 2. The van der Waals surface area contributed by atoms with E-state index in [0.717, 1.165) is 4.90 Å². The molecule has 1 aliphatic heterocycles. The molecule has 3 aromatic rings. The number of thioether (sulfide) groups is 1. The first-order chi connectivity index (χ1) is 15.1. The fraction of sp³-hybridized carbons (Fsp3) is 0.0833. The maximum Gasteiger partial charge on any atom is 0.283 e. The van der Waals surface area contributed by atoms with E-state index in [1.165, 1.54) is 23.8 Å². The second-order valence-corrected chi connectivity index (χ2v) is 7.68. The Morgan fingerprint density at radius 3 is 2.13 bits per heavy atom. The molecule has 7 heteroatoms. The number of amides is 2. The summed E-state index contributed by atoms with van der Waals surface area (Å²) in [5, 5.41) is 3.13. The van der Waals surface area contributed by atoms with Gasteiger partial charge in [-0.25, -0.2) is 4.90 Å². The maximum atomic E-state index is 13.3. The molecular formula is C24H20N2O4S. The molecule has 4 rings (SSSR count). The van der Waals surface area contributed by atoms with Crippen LogP contribution in [-0.4, -0.2) is 26.0 Å². The summed E-state index contributed by atoms with van der Waals surface area (Å²) in [6.45, 7) is 0. The Balaban J connectivity index is 1.76. The van der Waals surface area contributed by atoms with Crippen LogP contribution in [0.25, 0.3) is 0 Å². The van der Waals surface area contributed by atoms with Crippen LogP contribution in [0.2, 0.25) is 0 Å². The van der Waals surface area contributed by atoms with Crippen LogP contribution < -0.4 is 19.7 Å². The van der Waals surface area contributed by atoms with Crippen molar-refractivity contribution in [3.63, 3.8) is 0 Å². The quantitative estimate of drug-likeness (QED) is 0.546. The highest BCUT2D eigenvalue weighted by Crippen LogP contribution is 2.39. The van der Waals surface area contributed by atoms with Crippen LogP contribution >= 0.6 is 11.8 Å². The Hall–Kier alpha value is -3.71.